The molecule has 25 heavy (non-hydrogen) atoms. The van der Waals surface area contributed by atoms with Crippen molar-refractivity contribution in [1.82, 2.24) is 4.98 Å². The number of pyridine rings is 1. The Hall–Kier alpha value is -2.27. The molecule has 1 aliphatic rings. The zero-order chi connectivity index (χ0) is 18.0. The molecule has 0 spiro atoms. The Morgan fingerprint density at radius 2 is 2.16 bits per heavy atom. The van der Waals surface area contributed by atoms with E-state index in [2.05, 4.69) is 16.4 Å². The lowest BCUT2D eigenvalue weighted by molar-refractivity contribution is 0.0583. The Balaban J connectivity index is 1.82. The van der Waals surface area contributed by atoms with Gasteiger partial charge in [-0.2, -0.15) is 0 Å². The number of anilines is 2. The zero-order valence-electron chi connectivity index (χ0n) is 14.7. The summed E-state index contributed by atoms with van der Waals surface area (Å²) in [6, 6.07) is 7.82. The molecule has 0 unspecified atom stereocenters. The molecule has 6 heteroatoms. The number of carbonyl (C=O) groups is 1. The number of nitrogens with one attached hydrogen (secondary N) is 1. The van der Waals surface area contributed by atoms with Crippen molar-refractivity contribution in [3.63, 3.8) is 0 Å². The number of carbonyl (C=O) groups excluding carboxylic acids is 1. The average molecular weight is 360 g/mol. The van der Waals surface area contributed by atoms with Crippen LogP contribution in [0.25, 0.3) is 0 Å². The highest BCUT2D eigenvalue weighted by Gasteiger charge is 2.30. The predicted molar refractivity (Wildman–Crippen MR) is 100 cm³/mol. The van der Waals surface area contributed by atoms with Crippen molar-refractivity contribution in [2.45, 2.75) is 39.3 Å². The molecule has 0 fully saturated rings. The maximum atomic E-state index is 12.6. The maximum absolute atomic E-state index is 12.6. The van der Waals surface area contributed by atoms with E-state index in [1.807, 2.05) is 32.9 Å². The topological polar surface area (TPSA) is 54.5 Å². The number of rotatable bonds is 3. The highest BCUT2D eigenvalue weighted by Crippen LogP contribution is 2.34. The fourth-order valence-electron chi connectivity index (χ4n) is 2.88. The van der Waals surface area contributed by atoms with Gasteiger partial charge in [0.15, 0.2) is 0 Å². The summed E-state index contributed by atoms with van der Waals surface area (Å²) in [5.41, 5.74) is 3.37. The Morgan fingerprint density at radius 1 is 1.36 bits per heavy atom. The third-order valence-electron chi connectivity index (χ3n) is 3.93. The number of hydrogen-bond acceptors (Lipinski definition) is 4. The van der Waals surface area contributed by atoms with Gasteiger partial charge in [-0.25, -0.2) is 4.79 Å². The molecule has 2 aromatic rings. The number of nitrogens with zero attached hydrogens (tertiary/aromatic N) is 2. The van der Waals surface area contributed by atoms with Gasteiger partial charge < -0.3 is 10.1 Å². The summed E-state index contributed by atoms with van der Waals surface area (Å²) in [6.07, 6.45) is 3.86. The molecular formula is C19H22ClN3O2. The van der Waals surface area contributed by atoms with E-state index in [0.717, 1.165) is 28.9 Å². The van der Waals surface area contributed by atoms with Gasteiger partial charge in [-0.15, -0.1) is 0 Å². The summed E-state index contributed by atoms with van der Waals surface area (Å²) in [6.45, 7) is 6.81. The van der Waals surface area contributed by atoms with Gasteiger partial charge >= 0.3 is 6.09 Å². The van der Waals surface area contributed by atoms with Crippen LogP contribution < -0.4 is 10.2 Å². The minimum Gasteiger partial charge on any atom is -0.443 e. The molecule has 0 atom stereocenters. The van der Waals surface area contributed by atoms with Crippen LogP contribution in [-0.4, -0.2) is 23.2 Å². The molecule has 0 saturated carbocycles. The number of fused-ring (bicyclic) bond motifs is 1. The van der Waals surface area contributed by atoms with Crippen LogP contribution in [0.3, 0.4) is 0 Å². The quantitative estimate of drug-likeness (QED) is 0.867. The van der Waals surface area contributed by atoms with Crippen molar-refractivity contribution in [1.29, 1.82) is 0 Å². The molecule has 1 amide bonds. The fourth-order valence-corrected chi connectivity index (χ4v) is 3.05. The van der Waals surface area contributed by atoms with E-state index in [0.29, 0.717) is 18.1 Å². The maximum Gasteiger partial charge on any atom is 0.414 e. The summed E-state index contributed by atoms with van der Waals surface area (Å²) in [5.74, 6) is 0. The lowest BCUT2D eigenvalue weighted by Crippen LogP contribution is -2.36. The molecule has 0 aliphatic carbocycles. The van der Waals surface area contributed by atoms with E-state index in [4.69, 9.17) is 16.3 Å². The first kappa shape index (κ1) is 17.5. The number of halogens is 1. The van der Waals surface area contributed by atoms with Gasteiger partial charge in [0.05, 0.1) is 22.6 Å². The van der Waals surface area contributed by atoms with Gasteiger partial charge in [-0.1, -0.05) is 29.8 Å². The minimum atomic E-state index is -0.518. The van der Waals surface area contributed by atoms with Gasteiger partial charge in [0.1, 0.15) is 5.60 Å². The highest BCUT2D eigenvalue weighted by atomic mass is 35.5. The number of ether oxygens (including phenoxy) is 1. The largest absolute Gasteiger partial charge is 0.443 e. The third kappa shape index (κ3) is 4.04. The van der Waals surface area contributed by atoms with Crippen LogP contribution >= 0.6 is 11.6 Å². The van der Waals surface area contributed by atoms with E-state index in [1.54, 1.807) is 23.4 Å². The molecule has 1 aromatic carbocycles. The summed E-state index contributed by atoms with van der Waals surface area (Å²) in [7, 11) is 0. The van der Waals surface area contributed by atoms with Crippen LogP contribution in [0, 0.1) is 0 Å². The second-order valence-electron chi connectivity index (χ2n) is 7.02. The second kappa shape index (κ2) is 6.92. The third-order valence-corrected chi connectivity index (χ3v) is 4.26. The Kier molecular flexibility index (Phi) is 4.86. The standard InChI is InChI=1S/C19H22ClN3O2/c1-19(2,3)25-18(24)23-10-8-13-5-4-6-14(17(13)23)11-22-16-12-21-9-7-15(16)20/h4-7,9,12,22H,8,10-11H2,1-3H3. The van der Waals surface area contributed by atoms with Crippen molar-refractivity contribution >= 4 is 29.1 Å². The number of hydrogen-bond donors (Lipinski definition) is 1. The first-order valence-corrected chi connectivity index (χ1v) is 8.67. The summed E-state index contributed by atoms with van der Waals surface area (Å²) >= 11 is 6.17. The fraction of sp³-hybridized carbons (Fsp3) is 0.368. The van der Waals surface area contributed by atoms with Gasteiger partial charge in [-0.3, -0.25) is 9.88 Å². The molecular weight excluding hydrogens is 338 g/mol. The highest BCUT2D eigenvalue weighted by molar-refractivity contribution is 6.33. The lowest BCUT2D eigenvalue weighted by Gasteiger charge is -2.26. The van der Waals surface area contributed by atoms with E-state index >= 15 is 0 Å². The van der Waals surface area contributed by atoms with Crippen LogP contribution in [0.15, 0.2) is 36.7 Å². The predicted octanol–water partition coefficient (Wildman–Crippen LogP) is 4.64. The van der Waals surface area contributed by atoms with Gasteiger partial charge in [0, 0.05) is 19.3 Å². The van der Waals surface area contributed by atoms with Crippen molar-refractivity contribution in [2.24, 2.45) is 0 Å². The van der Waals surface area contributed by atoms with E-state index in [1.165, 1.54) is 0 Å². The number of aromatic nitrogens is 1. The first-order valence-electron chi connectivity index (χ1n) is 8.30. The van der Waals surface area contributed by atoms with Crippen molar-refractivity contribution in [3.8, 4) is 0 Å². The lowest BCUT2D eigenvalue weighted by atomic mass is 10.1. The molecule has 0 bridgehead atoms. The monoisotopic (exact) mass is 359 g/mol. The van der Waals surface area contributed by atoms with Crippen molar-refractivity contribution < 1.29 is 9.53 Å². The van der Waals surface area contributed by atoms with Gasteiger partial charge in [0.25, 0.3) is 0 Å². The minimum absolute atomic E-state index is 0.307. The zero-order valence-corrected chi connectivity index (χ0v) is 15.4. The Morgan fingerprint density at radius 3 is 2.88 bits per heavy atom. The molecule has 132 valence electrons. The molecule has 2 heterocycles. The van der Waals surface area contributed by atoms with Gasteiger partial charge in [0.2, 0.25) is 0 Å². The van der Waals surface area contributed by atoms with E-state index < -0.39 is 5.60 Å². The Labute approximate surface area is 153 Å². The molecule has 5 nitrogen and oxygen atoms in total. The smallest absolute Gasteiger partial charge is 0.414 e. The van der Waals surface area contributed by atoms with E-state index in [-0.39, 0.29) is 6.09 Å². The Bertz CT molecular complexity index is 786. The molecule has 1 aromatic heterocycles. The van der Waals surface area contributed by atoms with Gasteiger partial charge in [-0.05, 0) is 44.4 Å². The summed E-state index contributed by atoms with van der Waals surface area (Å²) in [4.78, 5) is 18.4. The molecule has 0 saturated heterocycles. The van der Waals surface area contributed by atoms with Crippen LogP contribution in [0.1, 0.15) is 31.9 Å². The van der Waals surface area contributed by atoms with Crippen LogP contribution in [0.5, 0.6) is 0 Å². The van der Waals surface area contributed by atoms with Crippen LogP contribution in [0.2, 0.25) is 5.02 Å². The molecule has 3 rings (SSSR count). The normalized spacial score (nSPS) is 13.5. The van der Waals surface area contributed by atoms with Crippen LogP contribution in [-0.2, 0) is 17.7 Å². The average Bonchev–Trinajstić information content (AvgIpc) is 2.97. The molecule has 1 aliphatic heterocycles. The number of para-hydroxylation sites is 1. The van der Waals surface area contributed by atoms with Crippen molar-refractivity contribution in [3.05, 3.63) is 52.8 Å². The SMILES string of the molecule is CC(C)(C)OC(=O)N1CCc2cccc(CNc3cnccc3Cl)c21. The molecule has 0 radical (unpaired) electrons. The van der Waals surface area contributed by atoms with Crippen molar-refractivity contribution in [2.75, 3.05) is 16.8 Å². The first-order chi connectivity index (χ1) is 11.8. The van der Waals surface area contributed by atoms with E-state index in [9.17, 15) is 4.79 Å². The number of benzene rings is 1. The summed E-state index contributed by atoms with van der Waals surface area (Å²) in [5, 5.41) is 3.91. The number of amides is 1. The van der Waals surface area contributed by atoms with Crippen LogP contribution in [0.4, 0.5) is 16.2 Å². The second-order valence-corrected chi connectivity index (χ2v) is 7.42. The molecule has 1 N–H and O–H groups in total. The summed E-state index contributed by atoms with van der Waals surface area (Å²) < 4.78 is 5.55.